The maximum Gasteiger partial charge on any atom is 0.249 e. The number of amides is 1. The van der Waals surface area contributed by atoms with Gasteiger partial charge in [-0.3, -0.25) is 4.79 Å². The fourth-order valence-corrected chi connectivity index (χ4v) is 11.2. The summed E-state index contributed by atoms with van der Waals surface area (Å²) in [5.41, 5.74) is 0. The van der Waals surface area contributed by atoms with Crippen molar-refractivity contribution < 1.29 is 25.2 Å². The molecule has 74 heavy (non-hydrogen) atoms. The molecule has 0 aromatic heterocycles. The van der Waals surface area contributed by atoms with Crippen molar-refractivity contribution in [1.29, 1.82) is 0 Å². The quantitative estimate of drug-likeness (QED) is 0.0308. The summed E-state index contributed by atoms with van der Waals surface area (Å²) in [6.45, 7) is 4.10. The summed E-state index contributed by atoms with van der Waals surface area (Å²) in [5.74, 6) is -0.584. The molecular formula is C68H135NO5. The number of carbonyl (C=O) groups excluding carboxylic acids is 1. The van der Waals surface area contributed by atoms with Gasteiger partial charge in [-0.25, -0.2) is 0 Å². The van der Waals surface area contributed by atoms with Crippen molar-refractivity contribution in [2.75, 3.05) is 6.61 Å². The second kappa shape index (κ2) is 62.9. The number of nitrogens with one attached hydrogen (secondary N) is 1. The number of unbranched alkanes of at least 4 members (excludes halogenated alkanes) is 53. The van der Waals surface area contributed by atoms with Gasteiger partial charge in [0, 0.05) is 0 Å². The Labute approximate surface area is 463 Å². The molecule has 1 amide bonds. The third kappa shape index (κ3) is 55.8. The van der Waals surface area contributed by atoms with E-state index in [1.54, 1.807) is 0 Å². The lowest BCUT2D eigenvalue weighted by atomic mass is 10.00. The molecule has 0 spiro atoms. The molecule has 6 heteroatoms. The predicted molar refractivity (Wildman–Crippen MR) is 325 cm³/mol. The molecule has 0 radical (unpaired) electrons. The average molecular weight is 1050 g/mol. The van der Waals surface area contributed by atoms with Gasteiger partial charge < -0.3 is 25.7 Å². The van der Waals surface area contributed by atoms with E-state index in [1.165, 1.54) is 321 Å². The Morgan fingerprint density at radius 3 is 0.811 bits per heavy atom. The predicted octanol–water partition coefficient (Wildman–Crippen LogP) is 20.8. The maximum atomic E-state index is 12.6. The van der Waals surface area contributed by atoms with E-state index in [-0.39, 0.29) is 0 Å². The summed E-state index contributed by atoms with van der Waals surface area (Å²) < 4.78 is 0. The van der Waals surface area contributed by atoms with Crippen LogP contribution in [0.5, 0.6) is 0 Å². The zero-order valence-electron chi connectivity index (χ0n) is 50.4. The Kier molecular flexibility index (Phi) is 62.1. The first-order valence-electron chi connectivity index (χ1n) is 34.1. The van der Waals surface area contributed by atoms with Crippen molar-refractivity contribution in [3.63, 3.8) is 0 Å². The van der Waals surface area contributed by atoms with Crippen LogP contribution in [-0.4, -0.2) is 57.3 Å². The highest BCUT2D eigenvalue weighted by Gasteiger charge is 2.28. The van der Waals surface area contributed by atoms with Crippen LogP contribution in [0.2, 0.25) is 0 Å². The molecule has 442 valence electrons. The number of carbonyl (C=O) groups is 1. The summed E-state index contributed by atoms with van der Waals surface area (Å²) in [7, 11) is 0. The SMILES string of the molecule is CCCCCCCCCCCCCCCCCCCCCCC/C=C/CCCC(O)C(O)C(CO)NC(=O)C(O)CCCCCCCCCCCCCCCCCCCCCCCCCCCCCCCCCC. The molecule has 4 atom stereocenters. The number of aliphatic hydroxyl groups is 4. The molecule has 0 rings (SSSR count). The van der Waals surface area contributed by atoms with Crippen molar-refractivity contribution in [3.8, 4) is 0 Å². The van der Waals surface area contributed by atoms with Gasteiger partial charge in [0.05, 0.1) is 18.8 Å². The maximum absolute atomic E-state index is 12.6. The molecular weight excluding hydrogens is 911 g/mol. The van der Waals surface area contributed by atoms with Gasteiger partial charge in [-0.15, -0.1) is 0 Å². The molecule has 0 bridgehead atoms. The lowest BCUT2D eigenvalue weighted by Crippen LogP contribution is -2.53. The van der Waals surface area contributed by atoms with E-state index in [4.69, 9.17) is 0 Å². The van der Waals surface area contributed by atoms with Crippen molar-refractivity contribution in [2.24, 2.45) is 0 Å². The molecule has 0 aliphatic carbocycles. The molecule has 0 aliphatic rings. The first-order valence-corrected chi connectivity index (χ1v) is 34.1. The molecule has 0 saturated heterocycles. The summed E-state index contributed by atoms with van der Waals surface area (Å²) in [5, 5.41) is 44.2. The van der Waals surface area contributed by atoms with Gasteiger partial charge in [0.1, 0.15) is 12.2 Å². The van der Waals surface area contributed by atoms with E-state index in [0.29, 0.717) is 12.8 Å². The highest BCUT2D eigenvalue weighted by atomic mass is 16.3. The first-order chi connectivity index (χ1) is 36.5. The van der Waals surface area contributed by atoms with E-state index >= 15 is 0 Å². The largest absolute Gasteiger partial charge is 0.394 e. The smallest absolute Gasteiger partial charge is 0.249 e. The van der Waals surface area contributed by atoms with Crippen LogP contribution in [-0.2, 0) is 4.79 Å². The molecule has 0 aromatic carbocycles. The normalized spacial score (nSPS) is 13.5. The van der Waals surface area contributed by atoms with Gasteiger partial charge >= 0.3 is 0 Å². The summed E-state index contributed by atoms with van der Waals surface area (Å²) in [4.78, 5) is 12.6. The van der Waals surface area contributed by atoms with Crippen molar-refractivity contribution >= 4 is 5.91 Å². The number of aliphatic hydroxyl groups excluding tert-OH is 4. The molecule has 0 aliphatic heterocycles. The second-order valence-electron chi connectivity index (χ2n) is 23.9. The minimum Gasteiger partial charge on any atom is -0.394 e. The third-order valence-electron chi connectivity index (χ3n) is 16.5. The molecule has 0 saturated carbocycles. The summed E-state index contributed by atoms with van der Waals surface area (Å²) >= 11 is 0. The average Bonchev–Trinajstić information content (AvgIpc) is 3.41. The Bertz CT molecular complexity index is 1080. The van der Waals surface area contributed by atoms with E-state index in [1.807, 2.05) is 0 Å². The number of rotatable bonds is 64. The number of hydrogen-bond donors (Lipinski definition) is 5. The van der Waals surface area contributed by atoms with E-state index < -0.39 is 36.9 Å². The Balaban J connectivity index is 3.54. The fraction of sp³-hybridized carbons (Fsp3) is 0.956. The van der Waals surface area contributed by atoms with E-state index in [0.717, 1.165) is 38.5 Å². The van der Waals surface area contributed by atoms with Gasteiger partial charge in [-0.05, 0) is 38.5 Å². The van der Waals surface area contributed by atoms with E-state index in [2.05, 4.69) is 31.3 Å². The minimum absolute atomic E-state index is 0.369. The molecule has 4 unspecified atom stereocenters. The third-order valence-corrected chi connectivity index (χ3v) is 16.5. The van der Waals surface area contributed by atoms with Crippen LogP contribution in [0.3, 0.4) is 0 Å². The second-order valence-corrected chi connectivity index (χ2v) is 23.9. The summed E-state index contributed by atoms with van der Waals surface area (Å²) in [6, 6.07) is -1.00. The highest BCUT2D eigenvalue weighted by Crippen LogP contribution is 2.20. The standard InChI is InChI=1S/C68H135NO5/c1-3-5-7-9-11-13-15-17-19-21-23-25-27-29-31-32-33-34-35-36-38-40-42-44-46-48-50-52-54-56-58-60-62-66(72)68(74)69-64(63-70)67(73)65(71)61-59-57-55-53-51-49-47-45-43-41-39-37-30-28-26-24-22-20-18-16-14-12-10-8-6-4-2/h53,55,64-67,70-73H,3-52,54,56-63H2,1-2H3,(H,69,74)/b55-53+. The fourth-order valence-electron chi connectivity index (χ4n) is 11.2. The first kappa shape index (κ1) is 73.0. The lowest BCUT2D eigenvalue weighted by molar-refractivity contribution is -0.132. The molecule has 0 heterocycles. The minimum atomic E-state index is -1.28. The van der Waals surface area contributed by atoms with Gasteiger partial charge in [-0.1, -0.05) is 360 Å². The topological polar surface area (TPSA) is 110 Å². The zero-order chi connectivity index (χ0) is 53.7. The van der Waals surface area contributed by atoms with Crippen LogP contribution >= 0.6 is 0 Å². The molecule has 0 fully saturated rings. The summed E-state index contributed by atoms with van der Waals surface area (Å²) in [6.07, 6.45) is 77.7. The van der Waals surface area contributed by atoms with Crippen molar-refractivity contribution in [1.82, 2.24) is 5.32 Å². The van der Waals surface area contributed by atoms with Crippen LogP contribution in [0.25, 0.3) is 0 Å². The number of hydrogen-bond acceptors (Lipinski definition) is 5. The van der Waals surface area contributed by atoms with Gasteiger partial charge in [0.2, 0.25) is 5.91 Å². The Morgan fingerprint density at radius 1 is 0.324 bits per heavy atom. The highest BCUT2D eigenvalue weighted by molar-refractivity contribution is 5.80. The molecule has 6 nitrogen and oxygen atoms in total. The van der Waals surface area contributed by atoms with E-state index in [9.17, 15) is 25.2 Å². The van der Waals surface area contributed by atoms with Crippen molar-refractivity contribution in [2.45, 2.75) is 411 Å². The zero-order valence-corrected chi connectivity index (χ0v) is 50.4. The number of allylic oxidation sites excluding steroid dienone is 2. The van der Waals surface area contributed by atoms with Crippen LogP contribution in [0.1, 0.15) is 386 Å². The van der Waals surface area contributed by atoms with Crippen LogP contribution in [0.4, 0.5) is 0 Å². The van der Waals surface area contributed by atoms with Gasteiger partial charge in [0.15, 0.2) is 0 Å². The Morgan fingerprint density at radius 2 is 0.554 bits per heavy atom. The van der Waals surface area contributed by atoms with Crippen molar-refractivity contribution in [3.05, 3.63) is 12.2 Å². The Hall–Kier alpha value is -0.950. The molecule has 0 aromatic rings. The lowest BCUT2D eigenvalue weighted by Gasteiger charge is -2.27. The van der Waals surface area contributed by atoms with Crippen LogP contribution in [0.15, 0.2) is 12.2 Å². The van der Waals surface area contributed by atoms with Crippen LogP contribution in [0, 0.1) is 0 Å². The van der Waals surface area contributed by atoms with Crippen LogP contribution < -0.4 is 5.32 Å². The van der Waals surface area contributed by atoms with Gasteiger partial charge in [0.25, 0.3) is 0 Å². The molecule has 5 N–H and O–H groups in total. The monoisotopic (exact) mass is 1050 g/mol. The van der Waals surface area contributed by atoms with Gasteiger partial charge in [-0.2, -0.15) is 0 Å².